The summed E-state index contributed by atoms with van der Waals surface area (Å²) in [6.07, 6.45) is 1.55. The van der Waals surface area contributed by atoms with Gasteiger partial charge in [-0.3, -0.25) is 4.79 Å². The summed E-state index contributed by atoms with van der Waals surface area (Å²) >= 11 is 1.64. The molecule has 2 aromatic rings. The summed E-state index contributed by atoms with van der Waals surface area (Å²) in [7, 11) is 0. The summed E-state index contributed by atoms with van der Waals surface area (Å²) in [5, 5.41) is 8.12. The van der Waals surface area contributed by atoms with Gasteiger partial charge >= 0.3 is 6.03 Å². The number of nitrogens with zero attached hydrogens (tertiary/aromatic N) is 1. The van der Waals surface area contributed by atoms with Crippen LogP contribution in [0.3, 0.4) is 0 Å². The predicted octanol–water partition coefficient (Wildman–Crippen LogP) is 3.41. The molecule has 0 spiro atoms. The Morgan fingerprint density at radius 1 is 1.12 bits per heavy atom. The third-order valence-corrected chi connectivity index (χ3v) is 5.52. The molecule has 2 N–H and O–H groups in total. The van der Waals surface area contributed by atoms with Crippen molar-refractivity contribution >= 4 is 23.3 Å². The molecule has 1 aliphatic heterocycles. The minimum Gasteiger partial charge on any atom is -0.349 e. The molecular formula is C19H23N3O2S. The summed E-state index contributed by atoms with van der Waals surface area (Å²) in [5.74, 6) is -0.0465. The zero-order chi connectivity index (χ0) is 17.6. The van der Waals surface area contributed by atoms with Crippen LogP contribution in [0.2, 0.25) is 0 Å². The summed E-state index contributed by atoms with van der Waals surface area (Å²) < 4.78 is 0. The van der Waals surface area contributed by atoms with Crippen molar-refractivity contribution in [3.05, 3.63) is 58.3 Å². The van der Waals surface area contributed by atoms with Crippen LogP contribution in [-0.4, -0.2) is 36.0 Å². The van der Waals surface area contributed by atoms with Crippen LogP contribution in [0.1, 0.15) is 41.0 Å². The molecular weight excluding hydrogens is 334 g/mol. The average Bonchev–Trinajstić information content (AvgIpc) is 3.18. The molecule has 0 saturated carbocycles. The van der Waals surface area contributed by atoms with Crippen molar-refractivity contribution < 1.29 is 9.59 Å². The fraction of sp³-hybridized carbons (Fsp3) is 0.368. The molecule has 1 unspecified atom stereocenters. The van der Waals surface area contributed by atoms with Gasteiger partial charge in [-0.15, -0.1) is 11.3 Å². The second-order valence-electron chi connectivity index (χ2n) is 6.29. The van der Waals surface area contributed by atoms with E-state index < -0.39 is 0 Å². The van der Waals surface area contributed by atoms with Crippen LogP contribution in [-0.2, 0) is 0 Å². The Morgan fingerprint density at radius 3 is 2.48 bits per heavy atom. The molecule has 1 aromatic heterocycles. The fourth-order valence-electron chi connectivity index (χ4n) is 2.97. The summed E-state index contributed by atoms with van der Waals surface area (Å²) in [6.45, 7) is 3.31. The number of rotatable bonds is 4. The van der Waals surface area contributed by atoms with Crippen molar-refractivity contribution in [1.82, 2.24) is 15.5 Å². The van der Waals surface area contributed by atoms with E-state index in [9.17, 15) is 9.59 Å². The number of likely N-dealkylation sites (tertiary alicyclic amines) is 1. The predicted molar refractivity (Wildman–Crippen MR) is 99.8 cm³/mol. The first kappa shape index (κ1) is 17.5. The molecule has 1 aromatic carbocycles. The quantitative estimate of drug-likeness (QED) is 0.881. The van der Waals surface area contributed by atoms with Crippen LogP contribution in [0.4, 0.5) is 4.79 Å². The number of carbonyl (C=O) groups is 2. The average molecular weight is 357 g/mol. The summed E-state index contributed by atoms with van der Waals surface area (Å²) in [5.41, 5.74) is 0.674. The van der Waals surface area contributed by atoms with Crippen LogP contribution in [0, 0.1) is 0 Å². The number of hydrogen-bond donors (Lipinski definition) is 2. The Hall–Kier alpha value is -2.34. The van der Waals surface area contributed by atoms with Crippen LogP contribution >= 0.6 is 11.3 Å². The number of nitrogens with one attached hydrogen (secondary N) is 2. The lowest BCUT2D eigenvalue weighted by atomic mass is 10.0. The third kappa shape index (κ3) is 4.60. The third-order valence-electron chi connectivity index (χ3n) is 4.46. The maximum Gasteiger partial charge on any atom is 0.317 e. The first-order chi connectivity index (χ1) is 12.1. The standard InChI is InChI=1S/C19H23N3O2S/c1-14(17-8-5-13-25-17)20-19(24)22-11-9-16(10-12-22)21-18(23)15-6-3-2-4-7-15/h2-8,13-14,16H,9-12H2,1H3,(H,20,24)(H,21,23). The first-order valence-electron chi connectivity index (χ1n) is 8.58. The Morgan fingerprint density at radius 2 is 1.84 bits per heavy atom. The van der Waals surface area contributed by atoms with E-state index in [0.717, 1.165) is 17.7 Å². The Balaban J connectivity index is 1.45. The highest BCUT2D eigenvalue weighted by Crippen LogP contribution is 2.19. The van der Waals surface area contributed by atoms with E-state index in [0.29, 0.717) is 18.7 Å². The number of benzene rings is 1. The van der Waals surface area contributed by atoms with Gasteiger partial charge in [-0.05, 0) is 43.3 Å². The summed E-state index contributed by atoms with van der Waals surface area (Å²) in [4.78, 5) is 27.6. The van der Waals surface area contributed by atoms with Crippen molar-refractivity contribution in [3.63, 3.8) is 0 Å². The zero-order valence-electron chi connectivity index (χ0n) is 14.3. The number of thiophene rings is 1. The van der Waals surface area contributed by atoms with Crippen LogP contribution in [0.25, 0.3) is 0 Å². The smallest absolute Gasteiger partial charge is 0.317 e. The molecule has 25 heavy (non-hydrogen) atoms. The van der Waals surface area contributed by atoms with E-state index in [-0.39, 0.29) is 24.0 Å². The van der Waals surface area contributed by atoms with Crippen molar-refractivity contribution in [2.24, 2.45) is 0 Å². The molecule has 3 amide bonds. The van der Waals surface area contributed by atoms with Gasteiger partial charge in [-0.1, -0.05) is 24.3 Å². The molecule has 132 valence electrons. The molecule has 5 nitrogen and oxygen atoms in total. The number of urea groups is 1. The van der Waals surface area contributed by atoms with E-state index in [1.54, 1.807) is 11.3 Å². The minimum atomic E-state index is -0.0465. The zero-order valence-corrected chi connectivity index (χ0v) is 15.1. The summed E-state index contributed by atoms with van der Waals surface area (Å²) in [6, 6.07) is 13.3. The van der Waals surface area contributed by atoms with Gasteiger partial charge in [-0.2, -0.15) is 0 Å². The van der Waals surface area contributed by atoms with E-state index >= 15 is 0 Å². The van der Waals surface area contributed by atoms with Gasteiger partial charge in [0.2, 0.25) is 0 Å². The highest BCUT2D eigenvalue weighted by atomic mass is 32.1. The normalized spacial score (nSPS) is 16.3. The van der Waals surface area contributed by atoms with Crippen LogP contribution in [0.5, 0.6) is 0 Å². The van der Waals surface area contributed by atoms with Gasteiger partial charge in [0, 0.05) is 29.6 Å². The Labute approximate surface area is 152 Å². The highest BCUT2D eigenvalue weighted by molar-refractivity contribution is 7.10. The molecule has 0 bridgehead atoms. The molecule has 1 fully saturated rings. The maximum atomic E-state index is 12.4. The lowest BCUT2D eigenvalue weighted by Crippen LogP contribution is -2.49. The van der Waals surface area contributed by atoms with Crippen LogP contribution in [0.15, 0.2) is 47.8 Å². The second kappa shape index (κ2) is 8.16. The van der Waals surface area contributed by atoms with E-state index in [1.165, 1.54) is 0 Å². The maximum absolute atomic E-state index is 12.4. The first-order valence-corrected chi connectivity index (χ1v) is 9.46. The van der Waals surface area contributed by atoms with Gasteiger partial charge in [0.25, 0.3) is 5.91 Å². The Kier molecular flexibility index (Phi) is 5.71. The number of hydrogen-bond acceptors (Lipinski definition) is 3. The number of piperidine rings is 1. The lowest BCUT2D eigenvalue weighted by molar-refractivity contribution is 0.0917. The van der Waals surface area contributed by atoms with Crippen molar-refractivity contribution in [2.75, 3.05) is 13.1 Å². The minimum absolute atomic E-state index is 0.0167. The molecule has 3 rings (SSSR count). The second-order valence-corrected chi connectivity index (χ2v) is 7.27. The molecule has 0 aliphatic carbocycles. The molecule has 2 heterocycles. The molecule has 6 heteroatoms. The largest absolute Gasteiger partial charge is 0.349 e. The van der Waals surface area contributed by atoms with E-state index in [2.05, 4.69) is 10.6 Å². The van der Waals surface area contributed by atoms with Gasteiger partial charge in [0.15, 0.2) is 0 Å². The van der Waals surface area contributed by atoms with Gasteiger partial charge in [0.1, 0.15) is 0 Å². The number of amides is 3. The molecule has 0 radical (unpaired) electrons. The molecule has 1 saturated heterocycles. The highest BCUT2D eigenvalue weighted by Gasteiger charge is 2.25. The fourth-order valence-corrected chi connectivity index (χ4v) is 3.70. The van der Waals surface area contributed by atoms with E-state index in [1.807, 2.05) is 59.7 Å². The molecule has 1 atom stereocenters. The molecule has 1 aliphatic rings. The van der Waals surface area contributed by atoms with Crippen molar-refractivity contribution in [2.45, 2.75) is 31.8 Å². The van der Waals surface area contributed by atoms with Gasteiger partial charge in [0.05, 0.1) is 6.04 Å². The Bertz CT molecular complexity index is 695. The van der Waals surface area contributed by atoms with Crippen LogP contribution < -0.4 is 10.6 Å². The van der Waals surface area contributed by atoms with E-state index in [4.69, 9.17) is 0 Å². The van der Waals surface area contributed by atoms with Crippen molar-refractivity contribution in [3.8, 4) is 0 Å². The topological polar surface area (TPSA) is 61.4 Å². The SMILES string of the molecule is CC(NC(=O)N1CCC(NC(=O)c2ccccc2)CC1)c1cccs1. The lowest BCUT2D eigenvalue weighted by Gasteiger charge is -2.33. The monoisotopic (exact) mass is 357 g/mol. The van der Waals surface area contributed by atoms with Gasteiger partial charge < -0.3 is 15.5 Å². The number of carbonyl (C=O) groups excluding carboxylic acids is 2. The van der Waals surface area contributed by atoms with Gasteiger partial charge in [-0.25, -0.2) is 4.79 Å². The van der Waals surface area contributed by atoms with Crippen molar-refractivity contribution in [1.29, 1.82) is 0 Å².